The number of hydrogen-bond donors (Lipinski definition) is 1. The second-order valence-electron chi connectivity index (χ2n) is 7.80. The van der Waals surface area contributed by atoms with Crippen LogP contribution in [0.25, 0.3) is 33.9 Å². The van der Waals surface area contributed by atoms with Crippen LogP contribution in [0.5, 0.6) is 0 Å². The molecule has 0 saturated heterocycles. The number of hydrogen-bond acceptors (Lipinski definition) is 4. The van der Waals surface area contributed by atoms with Gasteiger partial charge in [-0.1, -0.05) is 48.0 Å². The van der Waals surface area contributed by atoms with E-state index in [0.717, 1.165) is 27.1 Å². The Morgan fingerprint density at radius 1 is 1.12 bits per heavy atom. The Bertz CT molecular complexity index is 1690. The third-order valence-electron chi connectivity index (χ3n) is 5.65. The van der Waals surface area contributed by atoms with Crippen LogP contribution in [0.1, 0.15) is 5.56 Å². The molecule has 0 atom stereocenters. The summed E-state index contributed by atoms with van der Waals surface area (Å²) in [6.07, 6.45) is 1.79. The summed E-state index contributed by atoms with van der Waals surface area (Å²) in [5.41, 5.74) is 7.75. The molecule has 166 valence electrons. The van der Waals surface area contributed by atoms with E-state index in [1.54, 1.807) is 16.7 Å². The van der Waals surface area contributed by atoms with Gasteiger partial charge in [0.15, 0.2) is 11.2 Å². The summed E-state index contributed by atoms with van der Waals surface area (Å²) in [5, 5.41) is 0.550. The molecule has 5 aromatic rings. The van der Waals surface area contributed by atoms with Gasteiger partial charge in [0.25, 0.3) is 5.56 Å². The van der Waals surface area contributed by atoms with E-state index in [2.05, 4.69) is 4.98 Å². The smallest absolute Gasteiger partial charge is 0.332 e. The van der Waals surface area contributed by atoms with E-state index in [4.69, 9.17) is 17.3 Å². The first-order valence-electron chi connectivity index (χ1n) is 10.1. The monoisotopic (exact) mass is 462 g/mol. The molecule has 0 spiro atoms. The summed E-state index contributed by atoms with van der Waals surface area (Å²) < 4.78 is 5.60. The van der Waals surface area contributed by atoms with Gasteiger partial charge in [-0.3, -0.25) is 23.1 Å². The lowest BCUT2D eigenvalue weighted by Crippen LogP contribution is -2.42. The Hall–Kier alpha value is -4.11. The number of nitrogens with zero attached hydrogens (tertiary/aromatic N) is 5. The van der Waals surface area contributed by atoms with Gasteiger partial charge in [0.2, 0.25) is 11.7 Å². The number of imidazole rings is 2. The highest BCUT2D eigenvalue weighted by molar-refractivity contribution is 6.30. The van der Waals surface area contributed by atoms with E-state index in [1.807, 2.05) is 54.0 Å². The minimum Gasteiger partial charge on any atom is -0.368 e. The van der Waals surface area contributed by atoms with E-state index in [1.165, 1.54) is 11.6 Å². The molecule has 0 radical (unpaired) electrons. The van der Waals surface area contributed by atoms with Crippen molar-refractivity contribution in [1.29, 1.82) is 0 Å². The van der Waals surface area contributed by atoms with Crippen LogP contribution in [0.15, 0.2) is 64.3 Å². The highest BCUT2D eigenvalue weighted by atomic mass is 35.5. The zero-order valence-electron chi connectivity index (χ0n) is 17.8. The summed E-state index contributed by atoms with van der Waals surface area (Å²) in [7, 11) is 1.50. The molecule has 10 heteroatoms. The zero-order chi connectivity index (χ0) is 23.4. The van der Waals surface area contributed by atoms with Gasteiger partial charge < -0.3 is 5.73 Å². The van der Waals surface area contributed by atoms with Gasteiger partial charge in [-0.15, -0.1) is 0 Å². The van der Waals surface area contributed by atoms with Gasteiger partial charge in [0.05, 0.1) is 11.4 Å². The second kappa shape index (κ2) is 7.49. The third-order valence-corrected chi connectivity index (χ3v) is 5.88. The Kier molecular flexibility index (Phi) is 4.71. The van der Waals surface area contributed by atoms with Crippen molar-refractivity contribution in [3.8, 4) is 16.9 Å². The lowest BCUT2D eigenvalue weighted by molar-refractivity contribution is -0.118. The molecule has 0 unspecified atom stereocenters. The van der Waals surface area contributed by atoms with Gasteiger partial charge >= 0.3 is 5.69 Å². The Morgan fingerprint density at radius 2 is 1.85 bits per heavy atom. The van der Waals surface area contributed by atoms with E-state index in [0.29, 0.717) is 10.8 Å². The molecule has 0 aliphatic carbocycles. The minimum absolute atomic E-state index is 0.170. The molecular formula is C23H19ClN6O3. The number of aryl methyl sites for hydroxylation is 2. The maximum absolute atomic E-state index is 13.3. The number of benzene rings is 2. The molecule has 3 aromatic heterocycles. The molecule has 0 aliphatic rings. The highest BCUT2D eigenvalue weighted by Crippen LogP contribution is 2.31. The van der Waals surface area contributed by atoms with Crippen LogP contribution < -0.4 is 17.0 Å². The highest BCUT2D eigenvalue weighted by Gasteiger charge is 2.23. The number of aromatic nitrogens is 5. The van der Waals surface area contributed by atoms with Crippen molar-refractivity contribution in [3.63, 3.8) is 0 Å². The Labute approximate surface area is 191 Å². The summed E-state index contributed by atoms with van der Waals surface area (Å²) in [4.78, 5) is 42.2. The molecule has 1 amide bonds. The van der Waals surface area contributed by atoms with Gasteiger partial charge in [-0.05, 0) is 24.6 Å². The van der Waals surface area contributed by atoms with E-state index >= 15 is 0 Å². The fourth-order valence-electron chi connectivity index (χ4n) is 4.06. The summed E-state index contributed by atoms with van der Waals surface area (Å²) in [6.45, 7) is 1.43. The average Bonchev–Trinajstić information content (AvgIpc) is 3.34. The molecule has 2 N–H and O–H groups in total. The molecule has 2 aromatic carbocycles. The molecular weight excluding hydrogens is 444 g/mol. The average molecular weight is 463 g/mol. The number of rotatable bonds is 4. The minimum atomic E-state index is -0.786. The van der Waals surface area contributed by atoms with Crippen LogP contribution in [-0.4, -0.2) is 29.0 Å². The van der Waals surface area contributed by atoms with Crippen molar-refractivity contribution in [2.24, 2.45) is 12.8 Å². The number of carbonyl (C=O) groups is 1. The number of primary amides is 1. The van der Waals surface area contributed by atoms with Crippen LogP contribution in [0.4, 0.5) is 0 Å². The van der Waals surface area contributed by atoms with Crippen LogP contribution >= 0.6 is 11.6 Å². The third kappa shape index (κ3) is 3.16. The fourth-order valence-corrected chi connectivity index (χ4v) is 4.23. The van der Waals surface area contributed by atoms with E-state index < -0.39 is 23.7 Å². The van der Waals surface area contributed by atoms with Gasteiger partial charge in [-0.25, -0.2) is 9.36 Å². The van der Waals surface area contributed by atoms with Crippen LogP contribution in [-0.2, 0) is 18.4 Å². The summed E-state index contributed by atoms with van der Waals surface area (Å²) in [5.74, 6) is -0.357. The van der Waals surface area contributed by atoms with Gasteiger partial charge in [0.1, 0.15) is 6.54 Å². The van der Waals surface area contributed by atoms with Crippen molar-refractivity contribution >= 4 is 34.4 Å². The number of halogens is 1. The number of nitrogens with two attached hydrogens (primary N) is 1. The lowest BCUT2D eigenvalue weighted by atomic mass is 10.1. The maximum Gasteiger partial charge on any atom is 0.332 e. The molecule has 3 heterocycles. The van der Waals surface area contributed by atoms with Crippen molar-refractivity contribution in [2.75, 3.05) is 0 Å². The predicted octanol–water partition coefficient (Wildman–Crippen LogP) is 2.25. The lowest BCUT2D eigenvalue weighted by Gasteiger charge is -2.12. The standard InChI is InChI=1S/C23H19ClN6O3/c1-13-8-9-15(24)10-16(13)30-17(14-6-4-3-5-7-14)11-28-19-20(26-22(28)30)27(2)23(33)29(21(19)32)12-18(25)31/h3-11H,12H2,1-2H3,(H2,25,31). The van der Waals surface area contributed by atoms with Crippen molar-refractivity contribution < 1.29 is 4.79 Å². The normalized spacial score (nSPS) is 11.5. The number of amides is 1. The first kappa shape index (κ1) is 20.8. The Morgan fingerprint density at radius 3 is 2.55 bits per heavy atom. The molecule has 0 bridgehead atoms. The van der Waals surface area contributed by atoms with Crippen LogP contribution in [0.2, 0.25) is 5.02 Å². The number of fused-ring (bicyclic) bond motifs is 3. The number of carbonyl (C=O) groups excluding carboxylic acids is 1. The van der Waals surface area contributed by atoms with Crippen LogP contribution in [0, 0.1) is 6.92 Å². The molecule has 0 fully saturated rings. The first-order valence-corrected chi connectivity index (χ1v) is 10.5. The Balaban J connectivity index is 1.97. The zero-order valence-corrected chi connectivity index (χ0v) is 18.6. The van der Waals surface area contributed by atoms with Crippen molar-refractivity contribution in [3.05, 3.63) is 86.2 Å². The summed E-state index contributed by atoms with van der Waals surface area (Å²) >= 11 is 6.32. The van der Waals surface area contributed by atoms with Gasteiger partial charge in [-0.2, -0.15) is 4.98 Å². The van der Waals surface area contributed by atoms with E-state index in [-0.39, 0.29) is 11.2 Å². The molecule has 5 rings (SSSR count). The first-order chi connectivity index (χ1) is 15.8. The fraction of sp³-hybridized carbons (Fsp3) is 0.130. The SMILES string of the molecule is Cc1ccc(Cl)cc1-n1c(-c2ccccc2)cn2c3c(=O)n(CC(N)=O)c(=O)n(C)c3nc12. The molecule has 0 saturated carbocycles. The molecule has 33 heavy (non-hydrogen) atoms. The van der Waals surface area contributed by atoms with Gasteiger partial charge in [0, 0.05) is 23.8 Å². The van der Waals surface area contributed by atoms with Crippen molar-refractivity contribution in [1.82, 2.24) is 23.1 Å². The predicted molar refractivity (Wildman–Crippen MR) is 126 cm³/mol. The molecule has 9 nitrogen and oxygen atoms in total. The van der Waals surface area contributed by atoms with Crippen LogP contribution in [0.3, 0.4) is 0 Å². The quantitative estimate of drug-likeness (QED) is 0.441. The topological polar surface area (TPSA) is 109 Å². The summed E-state index contributed by atoms with van der Waals surface area (Å²) in [6, 6.07) is 15.2. The maximum atomic E-state index is 13.3. The van der Waals surface area contributed by atoms with Crippen molar-refractivity contribution in [2.45, 2.75) is 13.5 Å². The van der Waals surface area contributed by atoms with E-state index in [9.17, 15) is 14.4 Å². The molecule has 0 aliphatic heterocycles. The largest absolute Gasteiger partial charge is 0.368 e. The second-order valence-corrected chi connectivity index (χ2v) is 8.24.